The first-order valence-corrected chi connectivity index (χ1v) is 11.2. The monoisotopic (exact) mass is 404 g/mol. The van der Waals surface area contributed by atoms with Gasteiger partial charge in [0.15, 0.2) is 9.84 Å². The molecule has 0 aliphatic rings. The molecule has 0 spiro atoms. The van der Waals surface area contributed by atoms with Crippen molar-refractivity contribution in [3.05, 3.63) is 59.7 Å². The van der Waals surface area contributed by atoms with Gasteiger partial charge in [0.1, 0.15) is 6.61 Å². The summed E-state index contributed by atoms with van der Waals surface area (Å²) in [5, 5.41) is 2.67. The Morgan fingerprint density at radius 1 is 1.07 bits per heavy atom. The molecule has 28 heavy (non-hydrogen) atoms. The molecule has 0 heterocycles. The van der Waals surface area contributed by atoms with Crippen LogP contribution in [0, 0.1) is 6.92 Å². The number of carbonyl (C=O) groups is 1. The molecule has 0 saturated heterocycles. The number of hydrogen-bond donors (Lipinski definition) is 1. The predicted molar refractivity (Wildman–Crippen MR) is 114 cm³/mol. The Morgan fingerprint density at radius 2 is 1.75 bits per heavy atom. The van der Waals surface area contributed by atoms with Crippen LogP contribution in [0.1, 0.15) is 25.0 Å². The van der Waals surface area contributed by atoms with Gasteiger partial charge in [-0.25, -0.2) is 13.2 Å². The van der Waals surface area contributed by atoms with Crippen LogP contribution >= 0.6 is 0 Å². The number of sulfone groups is 1. The molecule has 0 saturated carbocycles. The zero-order valence-corrected chi connectivity index (χ0v) is 17.5. The molecule has 0 fully saturated rings. The maximum absolute atomic E-state index is 12.1. The van der Waals surface area contributed by atoms with Gasteiger partial charge < -0.3 is 9.64 Å². The van der Waals surface area contributed by atoms with Gasteiger partial charge in [-0.1, -0.05) is 30.3 Å². The van der Waals surface area contributed by atoms with Crippen LogP contribution < -0.4 is 10.2 Å². The zero-order chi connectivity index (χ0) is 20.6. The van der Waals surface area contributed by atoms with Gasteiger partial charge in [-0.3, -0.25) is 5.32 Å². The molecule has 0 radical (unpaired) electrons. The number of benzene rings is 2. The van der Waals surface area contributed by atoms with Crippen molar-refractivity contribution in [1.82, 2.24) is 0 Å². The number of nitrogens with one attached hydrogen (secondary N) is 1. The number of nitrogens with zero attached hydrogens (tertiary/aromatic N) is 1. The highest BCUT2D eigenvalue weighted by molar-refractivity contribution is 7.90. The van der Waals surface area contributed by atoms with Crippen molar-refractivity contribution >= 4 is 27.3 Å². The minimum Gasteiger partial charge on any atom is -0.448 e. The molecule has 0 aromatic heterocycles. The highest BCUT2D eigenvalue weighted by Gasteiger charge is 2.14. The second kappa shape index (κ2) is 10.1. The summed E-state index contributed by atoms with van der Waals surface area (Å²) < 4.78 is 29.3. The summed E-state index contributed by atoms with van der Waals surface area (Å²) in [7, 11) is -3.34. The molecule has 0 atom stereocenters. The average Bonchev–Trinajstić information content (AvgIpc) is 2.65. The summed E-state index contributed by atoms with van der Waals surface area (Å²) >= 11 is 0. The second-order valence-corrected chi connectivity index (χ2v) is 8.69. The molecule has 0 bridgehead atoms. The lowest BCUT2D eigenvalue weighted by Gasteiger charge is -2.22. The van der Waals surface area contributed by atoms with Crippen LogP contribution in [0.3, 0.4) is 0 Å². The Bertz CT molecular complexity index is 879. The molecule has 0 unspecified atom stereocenters. The molecule has 2 aromatic carbocycles. The maximum Gasteiger partial charge on any atom is 0.411 e. The number of aryl methyl sites for hydroxylation is 1. The van der Waals surface area contributed by atoms with Gasteiger partial charge >= 0.3 is 6.09 Å². The SMILES string of the molecule is CCN(CC)c1ccc(NC(=O)OCCS(=O)(=O)Cc2ccccc2)c(C)c1. The summed E-state index contributed by atoms with van der Waals surface area (Å²) in [6.45, 7) is 7.72. The number of anilines is 2. The Labute approximate surface area is 167 Å². The minimum absolute atomic E-state index is 0.0647. The van der Waals surface area contributed by atoms with Crippen molar-refractivity contribution in [2.24, 2.45) is 0 Å². The van der Waals surface area contributed by atoms with E-state index < -0.39 is 15.9 Å². The van der Waals surface area contributed by atoms with E-state index in [2.05, 4.69) is 24.1 Å². The van der Waals surface area contributed by atoms with Crippen molar-refractivity contribution in [2.75, 3.05) is 35.7 Å². The largest absolute Gasteiger partial charge is 0.448 e. The summed E-state index contributed by atoms with van der Waals surface area (Å²) in [6, 6.07) is 14.7. The normalized spacial score (nSPS) is 11.1. The Hall–Kier alpha value is -2.54. The number of carbonyl (C=O) groups excluding carboxylic acids is 1. The van der Waals surface area contributed by atoms with Crippen molar-refractivity contribution in [2.45, 2.75) is 26.5 Å². The highest BCUT2D eigenvalue weighted by atomic mass is 32.2. The van der Waals surface area contributed by atoms with Gasteiger partial charge in [0, 0.05) is 24.5 Å². The fraction of sp³-hybridized carbons (Fsp3) is 0.381. The maximum atomic E-state index is 12.1. The summed E-state index contributed by atoms with van der Waals surface area (Å²) in [6.07, 6.45) is -0.659. The van der Waals surface area contributed by atoms with E-state index in [-0.39, 0.29) is 18.1 Å². The molecule has 0 aliphatic carbocycles. The van der Waals surface area contributed by atoms with Crippen LogP contribution in [-0.4, -0.2) is 40.0 Å². The van der Waals surface area contributed by atoms with E-state index >= 15 is 0 Å². The van der Waals surface area contributed by atoms with Gasteiger partial charge in [-0.2, -0.15) is 0 Å². The third-order valence-electron chi connectivity index (χ3n) is 4.43. The van der Waals surface area contributed by atoms with Crippen molar-refractivity contribution < 1.29 is 17.9 Å². The molecule has 2 aromatic rings. The van der Waals surface area contributed by atoms with Crippen LogP contribution in [0.5, 0.6) is 0 Å². The fourth-order valence-corrected chi connectivity index (χ4v) is 4.06. The van der Waals surface area contributed by atoms with E-state index in [1.807, 2.05) is 31.2 Å². The molecule has 2 rings (SSSR count). The topological polar surface area (TPSA) is 75.7 Å². The lowest BCUT2D eigenvalue weighted by Crippen LogP contribution is -2.22. The summed E-state index contributed by atoms with van der Waals surface area (Å²) in [4.78, 5) is 14.2. The molecule has 0 aliphatic heterocycles. The molecular weight excluding hydrogens is 376 g/mol. The first-order chi connectivity index (χ1) is 13.3. The van der Waals surface area contributed by atoms with E-state index in [9.17, 15) is 13.2 Å². The molecular formula is C21H28N2O4S. The second-order valence-electron chi connectivity index (χ2n) is 6.51. The van der Waals surface area contributed by atoms with E-state index in [0.29, 0.717) is 5.69 Å². The summed E-state index contributed by atoms with van der Waals surface area (Å²) in [5.41, 5.74) is 3.37. The van der Waals surface area contributed by atoms with Crippen molar-refractivity contribution in [3.63, 3.8) is 0 Å². The predicted octanol–water partition coefficient (Wildman–Crippen LogP) is 4.00. The third kappa shape index (κ3) is 6.56. The van der Waals surface area contributed by atoms with Crippen LogP contribution in [0.4, 0.5) is 16.2 Å². The first kappa shape index (κ1) is 21.8. The lowest BCUT2D eigenvalue weighted by molar-refractivity contribution is 0.168. The van der Waals surface area contributed by atoms with Gasteiger partial charge in [-0.05, 0) is 50.1 Å². The van der Waals surface area contributed by atoms with Gasteiger partial charge in [0.05, 0.1) is 11.5 Å². The van der Waals surface area contributed by atoms with E-state index in [0.717, 1.165) is 29.9 Å². The number of hydrogen-bond acceptors (Lipinski definition) is 5. The zero-order valence-electron chi connectivity index (χ0n) is 16.6. The Balaban J connectivity index is 1.85. The van der Waals surface area contributed by atoms with E-state index in [1.54, 1.807) is 24.3 Å². The minimum atomic E-state index is -3.34. The van der Waals surface area contributed by atoms with E-state index in [4.69, 9.17) is 4.74 Å². The van der Waals surface area contributed by atoms with Crippen LogP contribution in [-0.2, 0) is 20.3 Å². The third-order valence-corrected chi connectivity index (χ3v) is 5.99. The lowest BCUT2D eigenvalue weighted by atomic mass is 10.1. The van der Waals surface area contributed by atoms with Crippen LogP contribution in [0.15, 0.2) is 48.5 Å². The standard InChI is InChI=1S/C21H28N2O4S/c1-4-23(5-2)19-11-12-20(17(3)15-19)22-21(24)27-13-14-28(25,26)16-18-9-7-6-8-10-18/h6-12,15H,4-5,13-14,16H2,1-3H3,(H,22,24). The van der Waals surface area contributed by atoms with Gasteiger partial charge in [0.25, 0.3) is 0 Å². The quantitative estimate of drug-likeness (QED) is 0.684. The Kier molecular flexibility index (Phi) is 7.87. The number of rotatable bonds is 9. The van der Waals surface area contributed by atoms with Crippen molar-refractivity contribution in [3.8, 4) is 0 Å². The Morgan fingerprint density at radius 3 is 2.36 bits per heavy atom. The fourth-order valence-electron chi connectivity index (χ4n) is 2.88. The number of amides is 1. The van der Waals surface area contributed by atoms with Gasteiger partial charge in [-0.15, -0.1) is 0 Å². The molecule has 152 valence electrons. The molecule has 7 heteroatoms. The average molecular weight is 405 g/mol. The van der Waals surface area contributed by atoms with Crippen LogP contribution in [0.25, 0.3) is 0 Å². The summed E-state index contributed by atoms with van der Waals surface area (Å²) in [5.74, 6) is -0.278. The molecule has 1 amide bonds. The van der Waals surface area contributed by atoms with Crippen LogP contribution in [0.2, 0.25) is 0 Å². The first-order valence-electron chi connectivity index (χ1n) is 9.38. The number of ether oxygens (including phenoxy) is 1. The highest BCUT2D eigenvalue weighted by Crippen LogP contribution is 2.22. The van der Waals surface area contributed by atoms with Crippen molar-refractivity contribution in [1.29, 1.82) is 0 Å². The smallest absolute Gasteiger partial charge is 0.411 e. The van der Waals surface area contributed by atoms with E-state index in [1.165, 1.54) is 0 Å². The molecule has 1 N–H and O–H groups in total. The molecule has 6 nitrogen and oxygen atoms in total. The van der Waals surface area contributed by atoms with Gasteiger partial charge in [0.2, 0.25) is 0 Å².